The van der Waals surface area contributed by atoms with Crippen molar-refractivity contribution in [2.45, 2.75) is 57.8 Å². The first-order chi connectivity index (χ1) is 23.3. The summed E-state index contributed by atoms with van der Waals surface area (Å²) in [6.45, 7) is 13.6. The molecule has 2 fully saturated rings. The van der Waals surface area contributed by atoms with E-state index in [0.29, 0.717) is 73.0 Å². The van der Waals surface area contributed by atoms with Crippen LogP contribution in [0.5, 0.6) is 11.5 Å². The van der Waals surface area contributed by atoms with Crippen molar-refractivity contribution in [2.75, 3.05) is 60.0 Å². The number of piperazine rings is 1. The van der Waals surface area contributed by atoms with Crippen LogP contribution in [0.2, 0.25) is 10.0 Å². The van der Waals surface area contributed by atoms with Crippen molar-refractivity contribution in [1.29, 1.82) is 0 Å². The van der Waals surface area contributed by atoms with Crippen molar-refractivity contribution in [2.24, 2.45) is 0 Å². The fourth-order valence-electron chi connectivity index (χ4n) is 6.63. The van der Waals surface area contributed by atoms with E-state index >= 15 is 4.79 Å². The lowest BCUT2D eigenvalue weighted by atomic mass is 9.83. The second-order valence-electron chi connectivity index (χ2n) is 13.9. The van der Waals surface area contributed by atoms with E-state index in [4.69, 9.17) is 32.7 Å². The molecule has 0 aromatic heterocycles. The maximum Gasteiger partial charge on any atom is 0.262 e. The third-order valence-corrected chi connectivity index (χ3v) is 9.77. The molecule has 2 aliphatic rings. The Morgan fingerprint density at radius 1 is 0.820 bits per heavy atom. The van der Waals surface area contributed by atoms with Crippen molar-refractivity contribution in [1.82, 2.24) is 25.3 Å². The Balaban J connectivity index is 0.00000562. The fourth-order valence-corrected chi connectivity index (χ4v) is 6.88. The Morgan fingerprint density at radius 2 is 1.30 bits per heavy atom. The molecule has 50 heavy (non-hydrogen) atoms. The average molecular weight is 747 g/mol. The fraction of sp³-hybridized carbons (Fsp3) is 0.474. The van der Waals surface area contributed by atoms with Gasteiger partial charge in [-0.25, -0.2) is 0 Å². The van der Waals surface area contributed by atoms with Crippen LogP contribution in [0, 0.1) is 0 Å². The zero-order chi connectivity index (χ0) is 35.5. The summed E-state index contributed by atoms with van der Waals surface area (Å²) in [4.78, 5) is 33.4. The van der Waals surface area contributed by atoms with Crippen LogP contribution in [-0.2, 0) is 20.7 Å². The minimum absolute atomic E-state index is 0. The Bertz CT molecular complexity index is 1570. The third-order valence-electron chi connectivity index (χ3n) is 9.27. The maximum atomic E-state index is 15.3. The van der Waals surface area contributed by atoms with Crippen LogP contribution in [0.4, 0.5) is 0 Å². The molecule has 2 N–H and O–H groups in total. The predicted octanol–water partition coefficient (Wildman–Crippen LogP) is 6.57. The van der Waals surface area contributed by atoms with Gasteiger partial charge in [-0.3, -0.25) is 25.1 Å². The van der Waals surface area contributed by atoms with Gasteiger partial charge in [0.05, 0.1) is 31.8 Å². The summed E-state index contributed by atoms with van der Waals surface area (Å²) in [6.07, 6.45) is 0. The van der Waals surface area contributed by atoms with E-state index in [1.54, 1.807) is 19.0 Å². The molecule has 1 unspecified atom stereocenters. The number of amides is 2. The topological polar surface area (TPSA) is 86.4 Å². The first-order valence-corrected chi connectivity index (χ1v) is 17.8. The smallest absolute Gasteiger partial charge is 0.262 e. The molecule has 0 radical (unpaired) electrons. The van der Waals surface area contributed by atoms with Crippen LogP contribution < -0.4 is 20.1 Å². The molecule has 2 heterocycles. The normalized spacial score (nSPS) is 21.0. The number of carbonyl (C=O) groups is 2. The van der Waals surface area contributed by atoms with Crippen LogP contribution >= 0.6 is 35.6 Å². The molecular weight excluding hydrogens is 697 g/mol. The lowest BCUT2D eigenvalue weighted by Gasteiger charge is -2.41. The molecule has 3 atom stereocenters. The van der Waals surface area contributed by atoms with Crippen molar-refractivity contribution >= 4 is 47.4 Å². The lowest BCUT2D eigenvalue weighted by molar-refractivity contribution is -0.142. The summed E-state index contributed by atoms with van der Waals surface area (Å²) in [5, 5.41) is 8.88. The van der Waals surface area contributed by atoms with Gasteiger partial charge in [-0.1, -0.05) is 68.2 Å². The molecule has 2 aliphatic heterocycles. The van der Waals surface area contributed by atoms with E-state index in [-0.39, 0.29) is 41.7 Å². The number of likely N-dealkylation sites (N-methyl/N-ethyl adjacent to an activating group) is 1. The van der Waals surface area contributed by atoms with Crippen molar-refractivity contribution in [3.63, 3.8) is 0 Å². The number of nitrogens with one attached hydrogen (secondary N) is 2. The molecule has 2 saturated heterocycles. The van der Waals surface area contributed by atoms with Gasteiger partial charge in [0.15, 0.2) is 5.66 Å². The first kappa shape index (κ1) is 39.7. The standard InChI is InChI=1S/C38H49Cl2N5O4.ClH/c1-8-48-31-23-30(32(49-9-2)22-29(31)37(3,4)5)38(36(47)45-20-18-44(19-21-45)24-33(46)43(6)7)41-34(25-10-14-27(39)15-11-25)35(42-38)26-12-16-28(40)17-13-26;/h10-17,22-23,34-35,41-42H,8-9,18-21,24H2,1-7H3;1H/t34-,35+,38?;. The van der Waals surface area contributed by atoms with Crippen LogP contribution in [0.3, 0.4) is 0 Å². The third kappa shape index (κ3) is 8.52. The van der Waals surface area contributed by atoms with Crippen LogP contribution in [0.15, 0.2) is 60.7 Å². The Labute approximate surface area is 313 Å². The zero-order valence-electron chi connectivity index (χ0n) is 30.0. The highest BCUT2D eigenvalue weighted by Crippen LogP contribution is 2.47. The van der Waals surface area contributed by atoms with Crippen LogP contribution in [-0.4, -0.2) is 86.5 Å². The molecule has 0 aliphatic carbocycles. The summed E-state index contributed by atoms with van der Waals surface area (Å²) in [5.74, 6) is 1.21. The predicted molar refractivity (Wildman–Crippen MR) is 203 cm³/mol. The molecule has 3 aromatic carbocycles. The Hall–Kier alpha value is -3.05. The molecule has 0 spiro atoms. The van der Waals surface area contributed by atoms with E-state index in [1.165, 1.54) is 0 Å². The molecule has 9 nitrogen and oxygen atoms in total. The van der Waals surface area contributed by atoms with Gasteiger partial charge < -0.3 is 19.3 Å². The zero-order valence-corrected chi connectivity index (χ0v) is 32.3. The van der Waals surface area contributed by atoms with Gasteiger partial charge in [0.25, 0.3) is 5.91 Å². The monoisotopic (exact) mass is 745 g/mol. The van der Waals surface area contributed by atoms with Gasteiger partial charge in [-0.2, -0.15) is 0 Å². The highest BCUT2D eigenvalue weighted by atomic mass is 35.5. The Morgan fingerprint density at radius 3 is 1.74 bits per heavy atom. The van der Waals surface area contributed by atoms with Crippen molar-refractivity contribution in [3.8, 4) is 11.5 Å². The van der Waals surface area contributed by atoms with Crippen molar-refractivity contribution < 1.29 is 19.1 Å². The molecule has 5 rings (SSSR count). The largest absolute Gasteiger partial charge is 0.494 e. The molecule has 272 valence electrons. The molecule has 3 aromatic rings. The number of hydrogen-bond acceptors (Lipinski definition) is 7. The second kappa shape index (κ2) is 16.5. The first-order valence-electron chi connectivity index (χ1n) is 17.0. The minimum Gasteiger partial charge on any atom is -0.494 e. The average Bonchev–Trinajstić information content (AvgIpc) is 3.47. The minimum atomic E-state index is -1.41. The highest BCUT2D eigenvalue weighted by Gasteiger charge is 2.55. The number of nitrogens with zero attached hydrogens (tertiary/aromatic N) is 3. The molecule has 2 amide bonds. The lowest BCUT2D eigenvalue weighted by Crippen LogP contribution is -2.62. The van der Waals surface area contributed by atoms with Crippen LogP contribution in [0.25, 0.3) is 0 Å². The van der Waals surface area contributed by atoms with E-state index in [1.807, 2.05) is 79.4 Å². The van der Waals surface area contributed by atoms with Gasteiger partial charge >= 0.3 is 0 Å². The molecular formula is C38H50Cl3N5O4. The van der Waals surface area contributed by atoms with Gasteiger partial charge in [-0.15, -0.1) is 12.4 Å². The van der Waals surface area contributed by atoms with Gasteiger partial charge in [-0.05, 0) is 66.8 Å². The van der Waals surface area contributed by atoms with E-state index in [2.05, 4.69) is 36.3 Å². The summed E-state index contributed by atoms with van der Waals surface area (Å²) >= 11 is 12.7. The summed E-state index contributed by atoms with van der Waals surface area (Å²) in [6, 6.07) is 18.7. The molecule has 0 saturated carbocycles. The summed E-state index contributed by atoms with van der Waals surface area (Å²) in [5.41, 5.74) is 1.91. The van der Waals surface area contributed by atoms with E-state index in [0.717, 1.165) is 16.7 Å². The molecule has 0 bridgehead atoms. The SMILES string of the molecule is CCOc1cc(C2(C(=O)N3CCN(CC(=O)N(C)C)CC3)N[C@H](c3ccc(Cl)cc3)[C@H](c3ccc(Cl)cc3)N2)c(OCC)cc1C(C)(C)C.Cl. The number of benzene rings is 3. The van der Waals surface area contributed by atoms with Gasteiger partial charge in [0.2, 0.25) is 5.91 Å². The number of hydrogen-bond donors (Lipinski definition) is 2. The quantitative estimate of drug-likeness (QED) is 0.243. The number of halogens is 3. The number of rotatable bonds is 10. The number of ether oxygens (including phenoxy) is 2. The van der Waals surface area contributed by atoms with Crippen molar-refractivity contribution in [3.05, 3.63) is 93.0 Å². The molecule has 12 heteroatoms. The van der Waals surface area contributed by atoms with Gasteiger partial charge in [0, 0.05) is 61.4 Å². The summed E-state index contributed by atoms with van der Waals surface area (Å²) < 4.78 is 12.7. The number of carbonyl (C=O) groups excluding carboxylic acids is 2. The van der Waals surface area contributed by atoms with E-state index in [9.17, 15) is 4.79 Å². The Kier molecular flexibility index (Phi) is 13.1. The second-order valence-corrected chi connectivity index (χ2v) is 14.8. The van der Waals surface area contributed by atoms with Crippen LogP contribution in [0.1, 0.15) is 69.0 Å². The maximum absolute atomic E-state index is 15.3. The van der Waals surface area contributed by atoms with E-state index < -0.39 is 5.66 Å². The highest BCUT2D eigenvalue weighted by molar-refractivity contribution is 6.30. The van der Waals surface area contributed by atoms with Gasteiger partial charge in [0.1, 0.15) is 11.5 Å². The summed E-state index contributed by atoms with van der Waals surface area (Å²) in [7, 11) is 3.52.